The van der Waals surface area contributed by atoms with E-state index in [1.54, 1.807) is 29.9 Å². The Morgan fingerprint density at radius 1 is 1.38 bits per heavy atom. The van der Waals surface area contributed by atoms with Gasteiger partial charge < -0.3 is 15.4 Å². The lowest BCUT2D eigenvalue weighted by molar-refractivity contribution is 0.0967. The normalized spacial score (nSPS) is 23.9. The van der Waals surface area contributed by atoms with E-state index >= 15 is 0 Å². The van der Waals surface area contributed by atoms with Gasteiger partial charge in [-0.1, -0.05) is 0 Å². The molecule has 3 aromatic rings. The molecule has 182 valence electrons. The number of carbonyl (C=O) groups is 1. The number of alkyl carbamates (subject to hydrolysis) is 1. The molecular formula is C22H30N8O3S. The third-order valence-corrected chi connectivity index (χ3v) is 8.44. The van der Waals surface area contributed by atoms with Crippen molar-refractivity contribution in [2.75, 3.05) is 11.6 Å². The van der Waals surface area contributed by atoms with Crippen LogP contribution in [0.1, 0.15) is 68.5 Å². The summed E-state index contributed by atoms with van der Waals surface area (Å²) in [6.45, 7) is 3.77. The van der Waals surface area contributed by atoms with Crippen LogP contribution in [0.2, 0.25) is 0 Å². The lowest BCUT2D eigenvalue weighted by Gasteiger charge is -2.16. The van der Waals surface area contributed by atoms with Crippen molar-refractivity contribution in [3.05, 3.63) is 35.9 Å². The van der Waals surface area contributed by atoms with Crippen LogP contribution in [-0.2, 0) is 14.5 Å². The maximum absolute atomic E-state index is 12.2. The largest absolute Gasteiger partial charge is 0.446 e. The number of ether oxygens (including phenoxy) is 1. The first-order valence-electron chi connectivity index (χ1n) is 11.5. The zero-order chi connectivity index (χ0) is 24.1. The van der Waals surface area contributed by atoms with Crippen molar-refractivity contribution in [2.24, 2.45) is 0 Å². The van der Waals surface area contributed by atoms with E-state index in [4.69, 9.17) is 9.52 Å². The van der Waals surface area contributed by atoms with Gasteiger partial charge in [0.25, 0.3) is 0 Å². The third kappa shape index (κ3) is 4.72. The average Bonchev–Trinajstić information content (AvgIpc) is 3.19. The third-order valence-electron chi connectivity index (χ3n) is 6.85. The minimum Gasteiger partial charge on any atom is -0.446 e. The Morgan fingerprint density at radius 3 is 2.91 bits per heavy atom. The van der Waals surface area contributed by atoms with Gasteiger partial charge in [-0.15, -0.1) is 0 Å². The summed E-state index contributed by atoms with van der Waals surface area (Å²) < 4.78 is 27.3. The first-order chi connectivity index (χ1) is 16.1. The summed E-state index contributed by atoms with van der Waals surface area (Å²) in [5.74, 6) is 1.42. The van der Waals surface area contributed by atoms with Gasteiger partial charge in [-0.25, -0.2) is 18.5 Å². The van der Waals surface area contributed by atoms with Crippen LogP contribution in [0.3, 0.4) is 0 Å². The minimum absolute atomic E-state index is 0.0821. The van der Waals surface area contributed by atoms with E-state index in [1.807, 2.05) is 13.0 Å². The zero-order valence-corrected chi connectivity index (χ0v) is 20.3. The van der Waals surface area contributed by atoms with Crippen molar-refractivity contribution >= 4 is 33.0 Å². The van der Waals surface area contributed by atoms with Crippen molar-refractivity contribution in [1.82, 2.24) is 30.1 Å². The molecule has 0 bridgehead atoms. The molecule has 2 unspecified atom stereocenters. The number of rotatable bonds is 7. The fourth-order valence-corrected chi connectivity index (χ4v) is 4.84. The highest BCUT2D eigenvalue weighted by Gasteiger charge is 2.40. The van der Waals surface area contributed by atoms with Crippen molar-refractivity contribution in [3.8, 4) is 0 Å². The van der Waals surface area contributed by atoms with Crippen LogP contribution in [0.4, 0.5) is 16.4 Å². The van der Waals surface area contributed by atoms with Crippen LogP contribution in [0.15, 0.2) is 24.5 Å². The van der Waals surface area contributed by atoms with Gasteiger partial charge in [-0.3, -0.25) is 9.88 Å². The summed E-state index contributed by atoms with van der Waals surface area (Å²) >= 11 is 0. The monoisotopic (exact) mass is 486 g/mol. The fourth-order valence-electron chi connectivity index (χ4n) is 4.27. The number of fused-ring (bicyclic) bond motifs is 1. The molecule has 0 aromatic carbocycles. The molecule has 1 amide bonds. The molecule has 4 atom stereocenters. The molecule has 11 nitrogen and oxygen atoms in total. The lowest BCUT2D eigenvalue weighted by atomic mass is 10.0. The van der Waals surface area contributed by atoms with Gasteiger partial charge in [0.2, 0.25) is 0 Å². The topological polar surface area (TPSA) is 150 Å². The highest BCUT2D eigenvalue weighted by molar-refractivity contribution is 7.91. The quantitative estimate of drug-likeness (QED) is 0.396. The molecule has 2 saturated carbocycles. The molecule has 2 fully saturated rings. The molecule has 3 heterocycles. The Kier molecular flexibility index (Phi) is 5.50. The smallest absolute Gasteiger partial charge is 0.407 e. The number of anilines is 2. The second-order valence-corrected chi connectivity index (χ2v) is 12.3. The molecule has 0 radical (unpaired) electrons. The second-order valence-electron chi connectivity index (χ2n) is 9.78. The van der Waals surface area contributed by atoms with E-state index in [1.165, 1.54) is 6.26 Å². The summed E-state index contributed by atoms with van der Waals surface area (Å²) in [6.07, 6.45) is 8.84. The Morgan fingerprint density at radius 2 is 2.18 bits per heavy atom. The summed E-state index contributed by atoms with van der Waals surface area (Å²) in [5.41, 5.74) is 2.19. The summed E-state index contributed by atoms with van der Waals surface area (Å²) in [7, 11) is -2.77. The van der Waals surface area contributed by atoms with E-state index in [0.29, 0.717) is 22.8 Å². The van der Waals surface area contributed by atoms with Crippen LogP contribution in [-0.4, -0.2) is 53.0 Å². The Bertz CT molecular complexity index is 1330. The molecular weight excluding hydrogens is 456 g/mol. The number of aromatic amines is 1. The molecule has 2 aliphatic rings. The van der Waals surface area contributed by atoms with Crippen molar-refractivity contribution in [2.45, 2.75) is 68.8 Å². The maximum atomic E-state index is 12.2. The molecule has 0 spiro atoms. The summed E-state index contributed by atoms with van der Waals surface area (Å²) in [6, 6.07) is 3.75. The highest BCUT2D eigenvalue weighted by atomic mass is 32.2. The number of amides is 1. The van der Waals surface area contributed by atoms with Gasteiger partial charge in [0.05, 0.1) is 10.9 Å². The van der Waals surface area contributed by atoms with Gasteiger partial charge >= 0.3 is 6.09 Å². The molecule has 0 aliphatic heterocycles. The Balaban J connectivity index is 1.25. The van der Waals surface area contributed by atoms with Crippen LogP contribution < -0.4 is 10.6 Å². The van der Waals surface area contributed by atoms with Crippen LogP contribution in [0.5, 0.6) is 0 Å². The number of hydrogen-bond acceptors (Lipinski definition) is 8. The maximum Gasteiger partial charge on any atom is 0.407 e. The van der Waals surface area contributed by atoms with Crippen LogP contribution >= 0.6 is 0 Å². The van der Waals surface area contributed by atoms with Crippen molar-refractivity contribution in [1.29, 1.82) is 4.78 Å². The van der Waals surface area contributed by atoms with E-state index in [9.17, 15) is 9.00 Å². The van der Waals surface area contributed by atoms with Crippen LogP contribution in [0.25, 0.3) is 5.52 Å². The van der Waals surface area contributed by atoms with Gasteiger partial charge in [-0.05, 0) is 52.0 Å². The molecule has 34 heavy (non-hydrogen) atoms. The summed E-state index contributed by atoms with van der Waals surface area (Å²) in [4.78, 5) is 16.5. The van der Waals surface area contributed by atoms with E-state index in [2.05, 4.69) is 30.9 Å². The predicted molar refractivity (Wildman–Crippen MR) is 128 cm³/mol. The highest BCUT2D eigenvalue weighted by Crippen LogP contribution is 2.37. The minimum atomic E-state index is -2.77. The second kappa shape index (κ2) is 8.26. The SMILES string of the molecule is CC(c1cc2c(Nc3cc([C@H]4CC[C@@H](OC(=O)NC5(C)CC5)C4)[nH]n3)nccn2n1)S(C)(=N)=O. The van der Waals surface area contributed by atoms with Gasteiger partial charge in [0.15, 0.2) is 11.6 Å². The Labute approximate surface area is 198 Å². The molecule has 2 aliphatic carbocycles. The number of carbonyl (C=O) groups excluding carboxylic acids is 1. The molecule has 12 heteroatoms. The van der Waals surface area contributed by atoms with Gasteiger partial charge in [-0.2, -0.15) is 10.2 Å². The lowest BCUT2D eigenvalue weighted by Crippen LogP contribution is -2.36. The molecule has 3 aromatic heterocycles. The van der Waals surface area contributed by atoms with Gasteiger partial charge in [0, 0.05) is 51.6 Å². The van der Waals surface area contributed by atoms with Crippen LogP contribution in [0, 0.1) is 4.78 Å². The van der Waals surface area contributed by atoms with Crippen molar-refractivity contribution < 1.29 is 13.7 Å². The number of hydrogen-bond donors (Lipinski definition) is 4. The predicted octanol–water partition coefficient (Wildman–Crippen LogP) is 3.85. The standard InChI is InChI=1S/C22H30N8O3S/c1-13(34(3,23)32)16-11-18-20(24-8-9-30(18)29-16)25-19-12-17(27-28-19)14-4-5-15(10-14)33-21(31)26-22(2)6-7-22/h8-9,11-15,23H,4-7,10H2,1-3H3,(H,26,31)(H2,24,25,27,28)/t13?,14-,15+,34?/m0/s1. The molecule has 5 rings (SSSR count). The Hall–Kier alpha value is -3.15. The van der Waals surface area contributed by atoms with Gasteiger partial charge in [0.1, 0.15) is 11.6 Å². The first-order valence-corrected chi connectivity index (χ1v) is 13.5. The zero-order valence-electron chi connectivity index (χ0n) is 19.5. The molecule has 0 saturated heterocycles. The number of nitrogens with zero attached hydrogens (tertiary/aromatic N) is 4. The van der Waals surface area contributed by atoms with E-state index in [0.717, 1.165) is 37.8 Å². The average molecular weight is 487 g/mol. The first kappa shape index (κ1) is 22.6. The van der Waals surface area contributed by atoms with Crippen molar-refractivity contribution in [3.63, 3.8) is 0 Å². The number of nitrogens with one attached hydrogen (secondary N) is 4. The number of aromatic nitrogens is 5. The summed E-state index contributed by atoms with van der Waals surface area (Å²) in [5, 5.41) is 17.6. The number of H-pyrrole nitrogens is 1. The fraction of sp³-hybridized carbons (Fsp3) is 0.545. The van der Waals surface area contributed by atoms with E-state index < -0.39 is 15.0 Å². The molecule has 4 N–H and O–H groups in total. The van der Waals surface area contributed by atoms with E-state index in [-0.39, 0.29) is 23.7 Å².